The van der Waals surface area contributed by atoms with Crippen molar-refractivity contribution >= 4 is 6.98 Å². The molecule has 0 N–H and O–H groups in total. The molecule has 1 aliphatic rings. The predicted molar refractivity (Wildman–Crippen MR) is 45.1 cm³/mol. The van der Waals surface area contributed by atoms with E-state index in [1.807, 2.05) is 13.8 Å². The summed E-state index contributed by atoms with van der Waals surface area (Å²) in [6.07, 6.45) is 2.13. The second-order valence-electron chi connectivity index (χ2n) is 4.63. The van der Waals surface area contributed by atoms with E-state index in [2.05, 4.69) is 0 Å². The van der Waals surface area contributed by atoms with Crippen molar-refractivity contribution in [1.82, 2.24) is 0 Å². The molecule has 0 aliphatic heterocycles. The molecule has 0 nitrogen and oxygen atoms in total. The van der Waals surface area contributed by atoms with Crippen molar-refractivity contribution in [3.63, 3.8) is 0 Å². The van der Waals surface area contributed by atoms with E-state index < -0.39 is 12.8 Å². The Morgan fingerprint density at radius 2 is 1.50 bits per heavy atom. The fraction of sp³-hybridized carbons (Fsp3) is 1.00. The van der Waals surface area contributed by atoms with Gasteiger partial charge in [0.2, 0.25) is 0 Å². The Hall–Kier alpha value is -0.145. The van der Waals surface area contributed by atoms with Gasteiger partial charge in [-0.15, -0.1) is 0 Å². The molecule has 0 saturated heterocycles. The molecule has 0 atom stereocenters. The van der Waals surface area contributed by atoms with Crippen LogP contribution in [0.3, 0.4) is 0 Å². The lowest BCUT2D eigenvalue weighted by Gasteiger charge is -2.38. The van der Waals surface area contributed by atoms with Gasteiger partial charge in [0.15, 0.2) is 0 Å². The highest BCUT2D eigenvalue weighted by atomic mass is 19.4. The Morgan fingerprint density at radius 3 is 1.83 bits per heavy atom. The summed E-state index contributed by atoms with van der Waals surface area (Å²) in [6, 6.07) is 0. The first-order valence-corrected chi connectivity index (χ1v) is 4.51. The molecular weight excluding hydrogens is 164 g/mol. The zero-order valence-electron chi connectivity index (χ0n) is 7.62. The maximum absolute atomic E-state index is 12.3. The minimum Gasteiger partial charge on any atom is -0.449 e. The minimum atomic E-state index is -4.57. The van der Waals surface area contributed by atoms with E-state index in [0.29, 0.717) is 12.8 Å². The van der Waals surface area contributed by atoms with Gasteiger partial charge in [0.25, 0.3) is 0 Å². The molecule has 4 heteroatoms. The summed E-state index contributed by atoms with van der Waals surface area (Å²) < 4.78 is 36.8. The number of hydrogen-bond donors (Lipinski definition) is 0. The van der Waals surface area contributed by atoms with Crippen LogP contribution in [0.25, 0.3) is 0 Å². The van der Waals surface area contributed by atoms with Gasteiger partial charge in [-0.1, -0.05) is 45.3 Å². The smallest absolute Gasteiger partial charge is 0.449 e. The Bertz CT molecular complexity index is 152. The molecular formula is C8H15BF3-. The van der Waals surface area contributed by atoms with Crippen molar-refractivity contribution in [2.45, 2.75) is 45.3 Å². The fourth-order valence-corrected chi connectivity index (χ4v) is 1.80. The molecule has 72 valence electrons. The first-order chi connectivity index (χ1) is 5.31. The van der Waals surface area contributed by atoms with E-state index in [0.717, 1.165) is 12.8 Å². The largest absolute Gasteiger partial charge is 0.481 e. The van der Waals surface area contributed by atoms with Crippen LogP contribution in [-0.2, 0) is 0 Å². The average molecular weight is 179 g/mol. The maximum Gasteiger partial charge on any atom is 0.481 e. The third kappa shape index (κ3) is 2.42. The third-order valence-corrected chi connectivity index (χ3v) is 2.92. The monoisotopic (exact) mass is 179 g/mol. The van der Waals surface area contributed by atoms with E-state index in [1.54, 1.807) is 0 Å². The Morgan fingerprint density at radius 1 is 1.08 bits per heavy atom. The molecule has 1 fully saturated rings. The van der Waals surface area contributed by atoms with Gasteiger partial charge in [-0.2, -0.15) is 0 Å². The molecule has 1 aliphatic carbocycles. The van der Waals surface area contributed by atoms with Crippen LogP contribution in [-0.4, -0.2) is 6.98 Å². The topological polar surface area (TPSA) is 0 Å². The standard InChI is InChI=1S/C8H15BF3/c1-8(2)5-3-7(4-6-8)9(10,11)12/h7H,3-6H2,1-2H3/q-1. The number of hydrogen-bond acceptors (Lipinski definition) is 0. The molecule has 0 aromatic heterocycles. The van der Waals surface area contributed by atoms with Crippen LogP contribution in [0.4, 0.5) is 12.9 Å². The van der Waals surface area contributed by atoms with Crippen molar-refractivity contribution in [3.05, 3.63) is 0 Å². The second kappa shape index (κ2) is 2.97. The molecule has 0 spiro atoms. The lowest BCUT2D eigenvalue weighted by Crippen LogP contribution is -2.30. The summed E-state index contributed by atoms with van der Waals surface area (Å²) in [5.74, 6) is -0.974. The van der Waals surface area contributed by atoms with Crippen LogP contribution >= 0.6 is 0 Å². The number of halogens is 3. The van der Waals surface area contributed by atoms with Crippen LogP contribution < -0.4 is 0 Å². The molecule has 0 amide bonds. The van der Waals surface area contributed by atoms with Gasteiger partial charge in [-0.25, -0.2) is 0 Å². The van der Waals surface area contributed by atoms with Crippen LogP contribution in [0, 0.1) is 5.41 Å². The molecule has 0 heterocycles. The van der Waals surface area contributed by atoms with Gasteiger partial charge in [0.05, 0.1) is 0 Å². The summed E-state index contributed by atoms with van der Waals surface area (Å²) in [4.78, 5) is 0. The van der Waals surface area contributed by atoms with Gasteiger partial charge in [0.1, 0.15) is 0 Å². The van der Waals surface area contributed by atoms with Gasteiger partial charge in [-0.05, 0) is 5.41 Å². The van der Waals surface area contributed by atoms with E-state index in [-0.39, 0.29) is 5.41 Å². The molecule has 0 unspecified atom stereocenters. The third-order valence-electron chi connectivity index (χ3n) is 2.92. The minimum absolute atomic E-state index is 0.137. The molecule has 0 aromatic rings. The summed E-state index contributed by atoms with van der Waals surface area (Å²) >= 11 is 0. The molecule has 12 heavy (non-hydrogen) atoms. The van der Waals surface area contributed by atoms with Gasteiger partial charge in [0, 0.05) is 0 Å². The molecule has 0 radical (unpaired) electrons. The van der Waals surface area contributed by atoms with E-state index in [9.17, 15) is 12.9 Å². The first kappa shape index (κ1) is 9.94. The van der Waals surface area contributed by atoms with Crippen molar-refractivity contribution in [1.29, 1.82) is 0 Å². The van der Waals surface area contributed by atoms with Crippen molar-refractivity contribution in [2.75, 3.05) is 0 Å². The Balaban J connectivity index is 2.47. The van der Waals surface area contributed by atoms with E-state index in [1.165, 1.54) is 0 Å². The normalized spacial score (nSPS) is 25.8. The van der Waals surface area contributed by atoms with Crippen LogP contribution in [0.1, 0.15) is 39.5 Å². The summed E-state index contributed by atoms with van der Waals surface area (Å²) in [7, 11) is 0. The zero-order valence-corrected chi connectivity index (χ0v) is 7.62. The quantitative estimate of drug-likeness (QED) is 0.537. The highest BCUT2D eigenvalue weighted by Gasteiger charge is 2.38. The van der Waals surface area contributed by atoms with Crippen LogP contribution in [0.5, 0.6) is 0 Å². The van der Waals surface area contributed by atoms with Gasteiger partial charge >= 0.3 is 6.98 Å². The molecule has 0 aromatic carbocycles. The second-order valence-corrected chi connectivity index (χ2v) is 4.63. The van der Waals surface area contributed by atoms with Gasteiger partial charge < -0.3 is 12.9 Å². The lowest BCUT2D eigenvalue weighted by molar-refractivity contribution is 0.224. The maximum atomic E-state index is 12.3. The lowest BCUT2D eigenvalue weighted by atomic mass is 9.60. The first-order valence-electron chi connectivity index (χ1n) is 4.51. The van der Waals surface area contributed by atoms with Crippen molar-refractivity contribution in [2.24, 2.45) is 5.41 Å². The average Bonchev–Trinajstić information content (AvgIpc) is 1.83. The van der Waals surface area contributed by atoms with Gasteiger partial charge in [-0.3, -0.25) is 0 Å². The summed E-state index contributed by atoms with van der Waals surface area (Å²) in [5.41, 5.74) is 0.137. The Labute approximate surface area is 71.6 Å². The van der Waals surface area contributed by atoms with Crippen molar-refractivity contribution < 1.29 is 12.9 Å². The van der Waals surface area contributed by atoms with Crippen LogP contribution in [0.2, 0.25) is 5.82 Å². The summed E-state index contributed by atoms with van der Waals surface area (Å²) in [6.45, 7) is -0.476. The predicted octanol–water partition coefficient (Wildman–Crippen LogP) is 3.80. The van der Waals surface area contributed by atoms with Crippen molar-refractivity contribution in [3.8, 4) is 0 Å². The van der Waals surface area contributed by atoms with Crippen LogP contribution in [0.15, 0.2) is 0 Å². The highest BCUT2D eigenvalue weighted by molar-refractivity contribution is 6.60. The number of rotatable bonds is 1. The highest BCUT2D eigenvalue weighted by Crippen LogP contribution is 2.46. The van der Waals surface area contributed by atoms with E-state index >= 15 is 0 Å². The molecule has 0 bridgehead atoms. The molecule has 1 saturated carbocycles. The fourth-order valence-electron chi connectivity index (χ4n) is 1.80. The Kier molecular flexibility index (Phi) is 2.46. The SMILES string of the molecule is CC1(C)CCC([B-](F)(F)F)CC1. The zero-order chi connectivity index (χ0) is 9.41. The summed E-state index contributed by atoms with van der Waals surface area (Å²) in [5, 5.41) is 0. The molecule has 1 rings (SSSR count). The van der Waals surface area contributed by atoms with E-state index in [4.69, 9.17) is 0 Å².